The van der Waals surface area contributed by atoms with Crippen LogP contribution in [0, 0.1) is 11.3 Å². The van der Waals surface area contributed by atoms with E-state index in [1.165, 1.54) is 24.3 Å². The maximum atomic E-state index is 12.1. The van der Waals surface area contributed by atoms with Crippen LogP contribution in [0.4, 0.5) is 21.4 Å². The Bertz CT molecular complexity index is 2030. The van der Waals surface area contributed by atoms with E-state index in [0.29, 0.717) is 11.3 Å². The number of carboxylic acids is 1. The number of fused-ring (bicyclic) bond motifs is 1. The lowest BCUT2D eigenvalue weighted by Crippen LogP contribution is -2.13. The second kappa shape index (κ2) is 11.6. The number of anilines is 2. The number of hydrogen-bond acceptors (Lipinski definition) is 11. The number of nitrogen functional groups attached to an aromatic ring is 1. The van der Waals surface area contributed by atoms with Crippen molar-refractivity contribution in [3.63, 3.8) is 0 Å². The second-order valence-corrected chi connectivity index (χ2v) is 12.4. The molecule has 4 aromatic rings. The molecule has 6 N–H and O–H groups in total. The quantitative estimate of drug-likeness (QED) is 0.125. The molecule has 0 unspecified atom stereocenters. The molecule has 1 heterocycles. The predicted molar refractivity (Wildman–Crippen MR) is 152 cm³/mol. The van der Waals surface area contributed by atoms with Crippen molar-refractivity contribution in [1.82, 2.24) is 0 Å². The topological polar surface area (TPSA) is 250 Å². The summed E-state index contributed by atoms with van der Waals surface area (Å²) in [6.07, 6.45) is -0.556. The van der Waals surface area contributed by atoms with E-state index in [0.717, 1.165) is 29.5 Å². The highest BCUT2D eigenvalue weighted by molar-refractivity contribution is 7.86. The number of nitrogens with zero attached hydrogens (tertiary/aromatic N) is 3. The molecular formula is C25H19N5O9S3. The van der Waals surface area contributed by atoms with Gasteiger partial charge in [-0.05, 0) is 35.9 Å². The first-order valence-corrected chi connectivity index (χ1v) is 15.3. The van der Waals surface area contributed by atoms with Crippen LogP contribution in [0.2, 0.25) is 0 Å². The number of carboxylic acid groups (broad SMARTS) is 1. The molecule has 1 amide bonds. The standard InChI is InChI=1S/C25H19N5O9S3/c26-12-18-23(13-4-6-14(7-5-13)28-21(31)8-9-22(32)33)25(40-24(18)27)30-29-15-10-17-16(20(11-15)42(37,38)39)2-1-3-19(17)41(34,35)36/h1-7,10-11H,8-9,27H2,(H,28,31)(H,32,33)(H,34,35,36)(H,37,38,39). The number of benzene rings is 3. The molecule has 42 heavy (non-hydrogen) atoms. The first kappa shape index (κ1) is 30.2. The number of amides is 1. The molecule has 4 rings (SSSR count). The van der Waals surface area contributed by atoms with E-state index in [-0.39, 0.29) is 50.4 Å². The van der Waals surface area contributed by atoms with Crippen molar-refractivity contribution in [3.05, 3.63) is 60.2 Å². The molecule has 216 valence electrons. The fourth-order valence-electron chi connectivity index (χ4n) is 3.96. The van der Waals surface area contributed by atoms with Crippen molar-refractivity contribution in [2.24, 2.45) is 10.2 Å². The van der Waals surface area contributed by atoms with Crippen LogP contribution in [-0.2, 0) is 29.8 Å². The summed E-state index contributed by atoms with van der Waals surface area (Å²) in [6, 6.07) is 13.7. The van der Waals surface area contributed by atoms with Gasteiger partial charge in [-0.3, -0.25) is 18.7 Å². The van der Waals surface area contributed by atoms with Gasteiger partial charge >= 0.3 is 5.97 Å². The number of carbonyl (C=O) groups is 2. The van der Waals surface area contributed by atoms with Crippen LogP contribution >= 0.6 is 11.3 Å². The highest BCUT2D eigenvalue weighted by atomic mass is 32.2. The van der Waals surface area contributed by atoms with Crippen LogP contribution in [0.3, 0.4) is 0 Å². The Kier molecular flexibility index (Phi) is 8.38. The molecule has 0 aliphatic rings. The van der Waals surface area contributed by atoms with Gasteiger partial charge in [0, 0.05) is 28.4 Å². The number of rotatable bonds is 9. The summed E-state index contributed by atoms with van der Waals surface area (Å²) in [4.78, 5) is 21.3. The number of thiophene rings is 1. The summed E-state index contributed by atoms with van der Waals surface area (Å²) in [5.41, 5.74) is 6.96. The Morgan fingerprint density at radius 2 is 1.60 bits per heavy atom. The number of aliphatic carboxylic acids is 1. The number of hydrogen-bond donors (Lipinski definition) is 5. The van der Waals surface area contributed by atoms with Gasteiger partial charge in [0.05, 0.1) is 17.7 Å². The van der Waals surface area contributed by atoms with Crippen LogP contribution in [0.5, 0.6) is 0 Å². The molecule has 0 spiro atoms. The third-order valence-electron chi connectivity index (χ3n) is 5.77. The fraction of sp³-hybridized carbons (Fsp3) is 0.0800. The summed E-state index contributed by atoms with van der Waals surface area (Å²) in [7, 11) is -9.67. The molecule has 17 heteroatoms. The molecule has 0 saturated carbocycles. The normalized spacial score (nSPS) is 11.9. The molecule has 0 aliphatic carbocycles. The summed E-state index contributed by atoms with van der Waals surface area (Å²) in [5.74, 6) is -1.62. The highest BCUT2D eigenvalue weighted by Crippen LogP contribution is 2.45. The van der Waals surface area contributed by atoms with Gasteiger partial charge < -0.3 is 16.2 Å². The average Bonchev–Trinajstić information content (AvgIpc) is 3.24. The number of azo groups is 1. The number of carbonyl (C=O) groups excluding carboxylic acids is 1. The van der Waals surface area contributed by atoms with E-state index in [4.69, 9.17) is 10.8 Å². The SMILES string of the molecule is N#Cc1c(N)sc(N=Nc2cc(S(=O)(=O)O)c3cccc(S(=O)(=O)O)c3c2)c1-c1ccc(NC(=O)CCC(=O)O)cc1. The molecule has 0 saturated heterocycles. The van der Waals surface area contributed by atoms with E-state index in [1.54, 1.807) is 12.1 Å². The zero-order chi connectivity index (χ0) is 30.8. The lowest BCUT2D eigenvalue weighted by molar-refractivity contribution is -0.138. The monoisotopic (exact) mass is 629 g/mol. The van der Waals surface area contributed by atoms with Crippen LogP contribution in [0.15, 0.2) is 74.6 Å². The smallest absolute Gasteiger partial charge is 0.303 e. The summed E-state index contributed by atoms with van der Waals surface area (Å²) in [5, 5.41) is 28.9. The zero-order valence-electron chi connectivity index (χ0n) is 21.0. The lowest BCUT2D eigenvalue weighted by Gasteiger charge is -2.09. The number of nitrogens with two attached hydrogens (primary N) is 1. The van der Waals surface area contributed by atoms with Crippen molar-refractivity contribution in [3.8, 4) is 17.2 Å². The summed E-state index contributed by atoms with van der Waals surface area (Å²) >= 11 is 0.891. The van der Waals surface area contributed by atoms with Crippen molar-refractivity contribution in [2.75, 3.05) is 11.1 Å². The van der Waals surface area contributed by atoms with Crippen molar-refractivity contribution >= 4 is 75.6 Å². The summed E-state index contributed by atoms with van der Waals surface area (Å²) < 4.78 is 67.4. The molecule has 0 radical (unpaired) electrons. The zero-order valence-corrected chi connectivity index (χ0v) is 23.5. The fourth-order valence-corrected chi connectivity index (χ4v) is 6.24. The first-order valence-electron chi connectivity index (χ1n) is 11.6. The van der Waals surface area contributed by atoms with Gasteiger partial charge in [-0.15, -0.1) is 10.2 Å². The van der Waals surface area contributed by atoms with E-state index < -0.39 is 41.9 Å². The molecule has 0 fully saturated rings. The maximum Gasteiger partial charge on any atom is 0.303 e. The Hall–Kier alpha value is -4.73. The van der Waals surface area contributed by atoms with Gasteiger partial charge in [-0.1, -0.05) is 35.6 Å². The Labute approximate surface area is 242 Å². The van der Waals surface area contributed by atoms with Crippen LogP contribution in [0.25, 0.3) is 21.9 Å². The Balaban J connectivity index is 1.77. The second-order valence-electron chi connectivity index (χ2n) is 8.60. The largest absolute Gasteiger partial charge is 0.481 e. The minimum Gasteiger partial charge on any atom is -0.481 e. The lowest BCUT2D eigenvalue weighted by atomic mass is 10.0. The van der Waals surface area contributed by atoms with E-state index in [2.05, 4.69) is 15.5 Å². The van der Waals surface area contributed by atoms with Crippen LogP contribution in [0.1, 0.15) is 18.4 Å². The molecule has 3 aromatic carbocycles. The van der Waals surface area contributed by atoms with E-state index >= 15 is 0 Å². The van der Waals surface area contributed by atoms with Crippen molar-refractivity contribution < 1.29 is 40.6 Å². The van der Waals surface area contributed by atoms with Crippen LogP contribution < -0.4 is 11.1 Å². The van der Waals surface area contributed by atoms with Gasteiger partial charge in [0.15, 0.2) is 0 Å². The molecule has 14 nitrogen and oxygen atoms in total. The van der Waals surface area contributed by atoms with Gasteiger partial charge in [0.25, 0.3) is 20.2 Å². The van der Waals surface area contributed by atoms with Crippen molar-refractivity contribution in [2.45, 2.75) is 22.6 Å². The third kappa shape index (κ3) is 6.59. The van der Waals surface area contributed by atoms with E-state index in [1.807, 2.05) is 6.07 Å². The summed E-state index contributed by atoms with van der Waals surface area (Å²) in [6.45, 7) is 0. The average molecular weight is 630 g/mol. The van der Waals surface area contributed by atoms with Gasteiger partial charge in [-0.25, -0.2) is 0 Å². The van der Waals surface area contributed by atoms with Crippen molar-refractivity contribution in [1.29, 1.82) is 5.26 Å². The third-order valence-corrected chi connectivity index (χ3v) is 8.48. The van der Waals surface area contributed by atoms with Gasteiger partial charge in [0.2, 0.25) is 5.91 Å². The Morgan fingerprint density at radius 1 is 0.929 bits per heavy atom. The molecule has 0 bridgehead atoms. The molecule has 1 aromatic heterocycles. The van der Waals surface area contributed by atoms with Gasteiger partial charge in [-0.2, -0.15) is 22.1 Å². The molecule has 0 aliphatic heterocycles. The number of nitriles is 1. The Morgan fingerprint density at radius 3 is 2.19 bits per heavy atom. The van der Waals surface area contributed by atoms with Gasteiger partial charge in [0.1, 0.15) is 25.9 Å². The predicted octanol–water partition coefficient (Wildman–Crippen LogP) is 4.73. The molecule has 0 atom stereocenters. The number of nitrogens with one attached hydrogen (secondary N) is 1. The first-order chi connectivity index (χ1) is 19.7. The van der Waals surface area contributed by atoms with E-state index in [9.17, 15) is 40.8 Å². The highest BCUT2D eigenvalue weighted by Gasteiger charge is 2.22. The minimum absolute atomic E-state index is 0.0676. The minimum atomic E-state index is -4.87. The van der Waals surface area contributed by atoms with Crippen LogP contribution in [-0.4, -0.2) is 42.9 Å². The maximum absolute atomic E-state index is 12.1. The molecular weight excluding hydrogens is 611 g/mol.